The van der Waals surface area contributed by atoms with Crippen molar-refractivity contribution < 1.29 is 4.79 Å². The summed E-state index contributed by atoms with van der Waals surface area (Å²) in [4.78, 5) is 9.78. The quantitative estimate of drug-likeness (QED) is 0.465. The number of carbonyl (C=O) groups is 1. The lowest BCUT2D eigenvalue weighted by Crippen LogP contribution is -1.98. The number of rotatable bonds is 4. The largest absolute Gasteiger partial charge is 0.335 e. The Hall–Kier alpha value is -1.05. The number of carbonyl (C=O) groups excluding carboxylic acids is 1. The SMILES string of the molecule is C/C=C(\C=C/NC=O)CC. The van der Waals surface area contributed by atoms with Crippen molar-refractivity contribution in [1.82, 2.24) is 5.32 Å². The van der Waals surface area contributed by atoms with Crippen LogP contribution < -0.4 is 5.32 Å². The second kappa shape index (κ2) is 6.08. The zero-order valence-corrected chi connectivity index (χ0v) is 6.42. The molecule has 2 nitrogen and oxygen atoms in total. The van der Waals surface area contributed by atoms with Gasteiger partial charge in [-0.05, 0) is 19.4 Å². The smallest absolute Gasteiger partial charge is 0.211 e. The average Bonchev–Trinajstić information content (AvgIpc) is 1.99. The van der Waals surface area contributed by atoms with Gasteiger partial charge in [0, 0.05) is 6.20 Å². The summed E-state index contributed by atoms with van der Waals surface area (Å²) in [7, 11) is 0. The molecule has 0 saturated carbocycles. The summed E-state index contributed by atoms with van der Waals surface area (Å²) in [5, 5.41) is 2.45. The van der Waals surface area contributed by atoms with Gasteiger partial charge in [-0.2, -0.15) is 0 Å². The van der Waals surface area contributed by atoms with E-state index >= 15 is 0 Å². The van der Waals surface area contributed by atoms with Crippen molar-refractivity contribution in [2.45, 2.75) is 20.3 Å². The molecule has 2 heteroatoms. The highest BCUT2D eigenvalue weighted by molar-refractivity contribution is 5.48. The van der Waals surface area contributed by atoms with Crippen LogP contribution in [-0.4, -0.2) is 6.41 Å². The van der Waals surface area contributed by atoms with E-state index in [9.17, 15) is 4.79 Å². The molecule has 0 spiro atoms. The lowest BCUT2D eigenvalue weighted by molar-refractivity contribution is -0.108. The maximum absolute atomic E-state index is 9.78. The van der Waals surface area contributed by atoms with E-state index in [1.165, 1.54) is 5.57 Å². The number of amides is 1. The van der Waals surface area contributed by atoms with Gasteiger partial charge in [-0.15, -0.1) is 0 Å². The maximum Gasteiger partial charge on any atom is 0.211 e. The van der Waals surface area contributed by atoms with Gasteiger partial charge < -0.3 is 5.32 Å². The average molecular weight is 139 g/mol. The molecule has 1 amide bonds. The predicted octanol–water partition coefficient (Wildman–Crippen LogP) is 1.60. The van der Waals surface area contributed by atoms with Crippen LogP contribution in [0.1, 0.15) is 20.3 Å². The van der Waals surface area contributed by atoms with Crippen molar-refractivity contribution in [3.05, 3.63) is 23.9 Å². The molecule has 0 aliphatic rings. The van der Waals surface area contributed by atoms with Crippen molar-refractivity contribution in [3.8, 4) is 0 Å². The molecule has 0 aromatic carbocycles. The van der Waals surface area contributed by atoms with Crippen molar-refractivity contribution in [2.24, 2.45) is 0 Å². The van der Waals surface area contributed by atoms with Gasteiger partial charge in [-0.1, -0.05) is 18.6 Å². The molecule has 1 N–H and O–H groups in total. The van der Waals surface area contributed by atoms with Crippen LogP contribution >= 0.6 is 0 Å². The summed E-state index contributed by atoms with van der Waals surface area (Å²) in [5.41, 5.74) is 1.22. The van der Waals surface area contributed by atoms with Gasteiger partial charge in [0.2, 0.25) is 6.41 Å². The molecule has 0 rings (SSSR count). The zero-order chi connectivity index (χ0) is 7.82. The summed E-state index contributed by atoms with van der Waals surface area (Å²) in [5.74, 6) is 0. The molecule has 0 bridgehead atoms. The van der Waals surface area contributed by atoms with E-state index in [1.54, 1.807) is 6.20 Å². The minimum Gasteiger partial charge on any atom is -0.335 e. The molecule has 0 aromatic rings. The Morgan fingerprint density at radius 1 is 1.60 bits per heavy atom. The molecule has 0 fully saturated rings. The van der Waals surface area contributed by atoms with Crippen LogP contribution in [0.5, 0.6) is 0 Å². The molecule has 0 saturated heterocycles. The predicted molar refractivity (Wildman–Crippen MR) is 42.4 cm³/mol. The van der Waals surface area contributed by atoms with Gasteiger partial charge >= 0.3 is 0 Å². The van der Waals surface area contributed by atoms with Crippen LogP contribution in [0, 0.1) is 0 Å². The molecule has 0 aliphatic carbocycles. The van der Waals surface area contributed by atoms with E-state index in [-0.39, 0.29) is 0 Å². The van der Waals surface area contributed by atoms with E-state index in [2.05, 4.69) is 12.2 Å². The lowest BCUT2D eigenvalue weighted by Gasteiger charge is -1.92. The zero-order valence-electron chi connectivity index (χ0n) is 6.42. The monoisotopic (exact) mass is 139 g/mol. The Labute approximate surface area is 61.6 Å². The molecule has 56 valence electrons. The van der Waals surface area contributed by atoms with Gasteiger partial charge in [0.1, 0.15) is 0 Å². The summed E-state index contributed by atoms with van der Waals surface area (Å²) in [6.07, 6.45) is 7.18. The second-order valence-electron chi connectivity index (χ2n) is 1.83. The number of hydrogen-bond acceptors (Lipinski definition) is 1. The molecule has 0 atom stereocenters. The standard InChI is InChI=1S/C8H13NO/c1-3-8(4-2)5-6-9-7-10/h3,5-7H,4H2,1-2H3,(H,9,10)/b6-5-,8-3-. The Bertz CT molecular complexity index is 147. The first-order valence-corrected chi connectivity index (χ1v) is 3.36. The van der Waals surface area contributed by atoms with Crippen molar-refractivity contribution in [1.29, 1.82) is 0 Å². The van der Waals surface area contributed by atoms with E-state index in [4.69, 9.17) is 0 Å². The molecular formula is C8H13NO. The fraction of sp³-hybridized carbons (Fsp3) is 0.375. The van der Waals surface area contributed by atoms with E-state index < -0.39 is 0 Å². The Kier molecular flexibility index (Phi) is 5.44. The number of nitrogens with one attached hydrogen (secondary N) is 1. The highest BCUT2D eigenvalue weighted by atomic mass is 16.1. The molecule has 0 unspecified atom stereocenters. The minimum absolute atomic E-state index is 0.652. The Balaban J connectivity index is 3.73. The molecule has 10 heavy (non-hydrogen) atoms. The first-order chi connectivity index (χ1) is 4.85. The van der Waals surface area contributed by atoms with Crippen molar-refractivity contribution in [3.63, 3.8) is 0 Å². The summed E-state index contributed by atoms with van der Waals surface area (Å²) < 4.78 is 0. The minimum atomic E-state index is 0.652. The van der Waals surface area contributed by atoms with E-state index in [0.29, 0.717) is 6.41 Å². The highest BCUT2D eigenvalue weighted by Gasteiger charge is 1.81. The Morgan fingerprint density at radius 2 is 2.30 bits per heavy atom. The maximum atomic E-state index is 9.78. The molecule has 0 aromatic heterocycles. The van der Waals surface area contributed by atoms with Crippen LogP contribution in [0.2, 0.25) is 0 Å². The van der Waals surface area contributed by atoms with Crippen molar-refractivity contribution >= 4 is 6.41 Å². The van der Waals surface area contributed by atoms with E-state index in [0.717, 1.165) is 6.42 Å². The Morgan fingerprint density at radius 3 is 2.70 bits per heavy atom. The third-order valence-corrected chi connectivity index (χ3v) is 1.24. The van der Waals surface area contributed by atoms with Crippen molar-refractivity contribution in [2.75, 3.05) is 0 Å². The van der Waals surface area contributed by atoms with Crippen LogP contribution in [0.3, 0.4) is 0 Å². The molecule has 0 heterocycles. The van der Waals surface area contributed by atoms with E-state index in [1.807, 2.05) is 19.1 Å². The normalized spacial score (nSPS) is 12.0. The lowest BCUT2D eigenvalue weighted by atomic mass is 10.2. The second-order valence-corrected chi connectivity index (χ2v) is 1.83. The third-order valence-electron chi connectivity index (χ3n) is 1.24. The summed E-state index contributed by atoms with van der Waals surface area (Å²) in [6, 6.07) is 0. The molecule has 0 radical (unpaired) electrons. The van der Waals surface area contributed by atoms with Gasteiger partial charge in [-0.25, -0.2) is 0 Å². The summed E-state index contributed by atoms with van der Waals surface area (Å²) in [6.45, 7) is 4.05. The fourth-order valence-corrected chi connectivity index (χ4v) is 0.613. The van der Waals surface area contributed by atoms with Crippen LogP contribution in [0.15, 0.2) is 23.9 Å². The van der Waals surface area contributed by atoms with Crippen LogP contribution in [0.25, 0.3) is 0 Å². The van der Waals surface area contributed by atoms with Crippen LogP contribution in [-0.2, 0) is 4.79 Å². The molecule has 0 aliphatic heterocycles. The first kappa shape index (κ1) is 8.95. The van der Waals surface area contributed by atoms with Gasteiger partial charge in [0.05, 0.1) is 0 Å². The summed E-state index contributed by atoms with van der Waals surface area (Å²) >= 11 is 0. The first-order valence-electron chi connectivity index (χ1n) is 3.36. The number of allylic oxidation sites excluding steroid dienone is 3. The fourth-order valence-electron chi connectivity index (χ4n) is 0.613. The number of hydrogen-bond donors (Lipinski definition) is 1. The van der Waals surface area contributed by atoms with Gasteiger partial charge in [0.15, 0.2) is 0 Å². The van der Waals surface area contributed by atoms with Gasteiger partial charge in [0.25, 0.3) is 0 Å². The molecular weight excluding hydrogens is 126 g/mol. The van der Waals surface area contributed by atoms with Crippen LogP contribution in [0.4, 0.5) is 0 Å². The third kappa shape index (κ3) is 3.89. The topological polar surface area (TPSA) is 29.1 Å². The highest BCUT2D eigenvalue weighted by Crippen LogP contribution is 1.99. The van der Waals surface area contributed by atoms with Gasteiger partial charge in [-0.3, -0.25) is 4.79 Å².